The Balaban J connectivity index is 2.37. The number of benzene rings is 2. The molecular weight excluding hydrogens is 334 g/mol. The van der Waals surface area contributed by atoms with Gasteiger partial charge in [0.1, 0.15) is 6.29 Å². The second kappa shape index (κ2) is 7.08. The van der Waals surface area contributed by atoms with Gasteiger partial charge in [0, 0.05) is 10.6 Å². The highest BCUT2D eigenvalue weighted by Gasteiger charge is 2.23. The molecule has 0 aliphatic rings. The minimum absolute atomic E-state index is 0.114. The zero-order valence-corrected chi connectivity index (χ0v) is 14.1. The number of nitrogens with one attached hydrogen (secondary N) is 1. The minimum atomic E-state index is -3.79. The number of rotatable bonds is 6. The van der Waals surface area contributed by atoms with Crippen LogP contribution < -0.4 is 4.72 Å². The van der Waals surface area contributed by atoms with Crippen LogP contribution in [0.3, 0.4) is 0 Å². The molecule has 0 bridgehead atoms. The molecule has 120 valence electrons. The van der Waals surface area contributed by atoms with Crippen molar-refractivity contribution < 1.29 is 13.2 Å². The largest absolute Gasteiger partial charge is 0.298 e. The van der Waals surface area contributed by atoms with Gasteiger partial charge in [-0.15, -0.1) is 0 Å². The van der Waals surface area contributed by atoms with Gasteiger partial charge in [-0.1, -0.05) is 48.0 Å². The molecule has 1 unspecified atom stereocenters. The summed E-state index contributed by atoms with van der Waals surface area (Å²) in [7, 11) is -3.79. The van der Waals surface area contributed by atoms with Crippen LogP contribution >= 0.6 is 11.6 Å². The number of aldehydes is 1. The second-order valence-electron chi connectivity index (χ2n) is 5.11. The van der Waals surface area contributed by atoms with Crippen molar-refractivity contribution in [3.8, 4) is 0 Å². The molecule has 0 saturated carbocycles. The molecule has 0 heterocycles. The van der Waals surface area contributed by atoms with E-state index in [1.165, 1.54) is 12.1 Å². The van der Waals surface area contributed by atoms with Crippen molar-refractivity contribution in [2.24, 2.45) is 0 Å². The lowest BCUT2D eigenvalue weighted by Gasteiger charge is -2.19. The van der Waals surface area contributed by atoms with E-state index >= 15 is 0 Å². The van der Waals surface area contributed by atoms with Crippen LogP contribution in [0.5, 0.6) is 0 Å². The number of hydrogen-bond donors (Lipinski definition) is 1. The predicted molar refractivity (Wildman–Crippen MR) is 90.9 cm³/mol. The number of carbonyl (C=O) groups excluding carboxylic acids is 1. The van der Waals surface area contributed by atoms with Crippen LogP contribution in [0.4, 0.5) is 0 Å². The third-order valence-electron chi connectivity index (χ3n) is 3.33. The van der Waals surface area contributed by atoms with Crippen molar-refractivity contribution in [2.45, 2.75) is 17.9 Å². The fraction of sp³-hybridized carbons (Fsp3) is 0.118. The first kappa shape index (κ1) is 17.4. The van der Waals surface area contributed by atoms with Gasteiger partial charge in [-0.2, -0.15) is 4.72 Å². The summed E-state index contributed by atoms with van der Waals surface area (Å²) < 4.78 is 27.6. The van der Waals surface area contributed by atoms with Gasteiger partial charge in [0.25, 0.3) is 0 Å². The topological polar surface area (TPSA) is 63.2 Å². The van der Waals surface area contributed by atoms with Crippen molar-refractivity contribution in [1.29, 1.82) is 0 Å². The number of aryl methyl sites for hydroxylation is 1. The molecule has 0 radical (unpaired) electrons. The van der Waals surface area contributed by atoms with Gasteiger partial charge in [0.05, 0.1) is 10.9 Å². The molecular formula is C17H16ClNO3S. The highest BCUT2D eigenvalue weighted by molar-refractivity contribution is 7.89. The van der Waals surface area contributed by atoms with Gasteiger partial charge in [-0.25, -0.2) is 8.42 Å². The van der Waals surface area contributed by atoms with Crippen molar-refractivity contribution in [2.75, 3.05) is 0 Å². The SMILES string of the molecule is C=C(C=O)C(NS(=O)(=O)c1ccc(C)cc1)c1ccc(Cl)cc1. The molecule has 0 aromatic heterocycles. The van der Waals surface area contributed by atoms with E-state index in [-0.39, 0.29) is 10.5 Å². The normalized spacial score (nSPS) is 12.6. The third-order valence-corrected chi connectivity index (χ3v) is 5.02. The minimum Gasteiger partial charge on any atom is -0.298 e. The zero-order valence-electron chi connectivity index (χ0n) is 12.5. The Morgan fingerprint density at radius 2 is 1.70 bits per heavy atom. The predicted octanol–water partition coefficient (Wildman–Crippen LogP) is 3.42. The fourth-order valence-electron chi connectivity index (χ4n) is 2.02. The van der Waals surface area contributed by atoms with Gasteiger partial charge in [0.15, 0.2) is 0 Å². The van der Waals surface area contributed by atoms with Crippen LogP contribution in [0, 0.1) is 6.92 Å². The maximum atomic E-state index is 12.5. The van der Waals surface area contributed by atoms with Gasteiger partial charge < -0.3 is 0 Å². The molecule has 23 heavy (non-hydrogen) atoms. The molecule has 2 aromatic rings. The lowest BCUT2D eigenvalue weighted by Crippen LogP contribution is -2.30. The van der Waals surface area contributed by atoms with Crippen molar-refractivity contribution in [3.05, 3.63) is 76.8 Å². The number of sulfonamides is 1. The Kier molecular flexibility index (Phi) is 5.36. The number of halogens is 1. The van der Waals surface area contributed by atoms with E-state index in [1.54, 1.807) is 36.4 Å². The van der Waals surface area contributed by atoms with Crippen LogP contribution in [-0.2, 0) is 14.8 Å². The van der Waals surface area contributed by atoms with Crippen molar-refractivity contribution in [1.82, 2.24) is 4.72 Å². The van der Waals surface area contributed by atoms with Crippen LogP contribution in [0.15, 0.2) is 65.6 Å². The van der Waals surface area contributed by atoms with E-state index in [2.05, 4.69) is 11.3 Å². The maximum absolute atomic E-state index is 12.5. The molecule has 4 nitrogen and oxygen atoms in total. The molecule has 0 amide bonds. The van der Waals surface area contributed by atoms with E-state index < -0.39 is 16.1 Å². The Morgan fingerprint density at radius 3 is 2.22 bits per heavy atom. The van der Waals surface area contributed by atoms with Gasteiger partial charge in [-0.05, 0) is 36.8 Å². The molecule has 1 N–H and O–H groups in total. The summed E-state index contributed by atoms with van der Waals surface area (Å²) in [6.07, 6.45) is 0.539. The Morgan fingerprint density at radius 1 is 1.13 bits per heavy atom. The summed E-state index contributed by atoms with van der Waals surface area (Å²) in [5, 5.41) is 0.519. The van der Waals surface area contributed by atoms with E-state index in [4.69, 9.17) is 11.6 Å². The summed E-state index contributed by atoms with van der Waals surface area (Å²) in [6.45, 7) is 5.51. The highest BCUT2D eigenvalue weighted by Crippen LogP contribution is 2.24. The first-order valence-electron chi connectivity index (χ1n) is 6.82. The average molecular weight is 350 g/mol. The molecule has 0 aliphatic heterocycles. The van der Waals surface area contributed by atoms with Crippen molar-refractivity contribution >= 4 is 27.9 Å². The van der Waals surface area contributed by atoms with Gasteiger partial charge >= 0.3 is 0 Å². The lowest BCUT2D eigenvalue weighted by molar-refractivity contribution is -0.105. The number of hydrogen-bond acceptors (Lipinski definition) is 3. The van der Waals surface area contributed by atoms with Crippen LogP contribution in [0.2, 0.25) is 5.02 Å². The number of carbonyl (C=O) groups is 1. The maximum Gasteiger partial charge on any atom is 0.241 e. The monoisotopic (exact) mass is 349 g/mol. The standard InChI is InChI=1S/C17H16ClNO3S/c1-12-3-9-16(10-4-12)23(21,22)19-17(13(2)11-20)14-5-7-15(18)8-6-14/h3-11,17,19H,2H2,1H3. The summed E-state index contributed by atoms with van der Waals surface area (Å²) in [5.74, 6) is 0. The Bertz CT molecular complexity index is 812. The Hall–Kier alpha value is -1.95. The molecule has 0 fully saturated rings. The van der Waals surface area contributed by atoms with Crippen molar-refractivity contribution in [3.63, 3.8) is 0 Å². The molecule has 0 spiro atoms. The van der Waals surface area contributed by atoms with E-state index in [0.29, 0.717) is 16.9 Å². The zero-order chi connectivity index (χ0) is 17.0. The molecule has 1 atom stereocenters. The van der Waals surface area contributed by atoms with E-state index in [1.807, 2.05) is 6.92 Å². The molecule has 0 saturated heterocycles. The summed E-state index contributed by atoms with van der Waals surface area (Å²) in [5.41, 5.74) is 1.65. The molecule has 6 heteroatoms. The lowest BCUT2D eigenvalue weighted by atomic mass is 10.0. The fourth-order valence-corrected chi connectivity index (χ4v) is 3.38. The van der Waals surface area contributed by atoms with E-state index in [0.717, 1.165) is 5.56 Å². The molecule has 2 rings (SSSR count). The third kappa shape index (κ3) is 4.28. The van der Waals surface area contributed by atoms with Crippen LogP contribution in [-0.4, -0.2) is 14.7 Å². The van der Waals surface area contributed by atoms with Gasteiger partial charge in [-0.3, -0.25) is 4.79 Å². The summed E-state index contributed by atoms with van der Waals surface area (Å²) >= 11 is 5.84. The van der Waals surface area contributed by atoms with Gasteiger partial charge in [0.2, 0.25) is 10.0 Å². The summed E-state index contributed by atoms with van der Waals surface area (Å²) in [4.78, 5) is 11.2. The Labute approximate surface area is 140 Å². The molecule has 0 aliphatic carbocycles. The van der Waals surface area contributed by atoms with Crippen LogP contribution in [0.25, 0.3) is 0 Å². The van der Waals surface area contributed by atoms with E-state index in [9.17, 15) is 13.2 Å². The molecule has 2 aromatic carbocycles. The highest BCUT2D eigenvalue weighted by atomic mass is 35.5. The first-order valence-corrected chi connectivity index (χ1v) is 8.68. The second-order valence-corrected chi connectivity index (χ2v) is 7.26. The smallest absolute Gasteiger partial charge is 0.241 e. The average Bonchev–Trinajstić information content (AvgIpc) is 2.53. The van der Waals surface area contributed by atoms with Crippen LogP contribution in [0.1, 0.15) is 17.2 Å². The quantitative estimate of drug-likeness (QED) is 0.642. The first-order chi connectivity index (χ1) is 10.8. The summed E-state index contributed by atoms with van der Waals surface area (Å²) in [6, 6.07) is 12.2.